The Hall–Kier alpha value is -2.27. The molecule has 1 unspecified atom stereocenters. The molecule has 7 heteroatoms. The first-order valence-electron chi connectivity index (χ1n) is 9.50. The van der Waals surface area contributed by atoms with Crippen LogP contribution in [0.5, 0.6) is 23.0 Å². The van der Waals surface area contributed by atoms with E-state index < -0.39 is 5.59 Å². The largest absolute Gasteiger partial charge is 0.493 e. The maximum atomic E-state index is 6.00. The Morgan fingerprint density at radius 2 is 1.85 bits per heavy atom. The van der Waals surface area contributed by atoms with E-state index in [1.807, 2.05) is 21.8 Å². The second kappa shape index (κ2) is 5.86. The highest BCUT2D eigenvalue weighted by Crippen LogP contribution is 2.47. The van der Waals surface area contributed by atoms with Crippen LogP contribution in [0.2, 0.25) is 0 Å². The van der Waals surface area contributed by atoms with Gasteiger partial charge in [0, 0.05) is 24.7 Å². The van der Waals surface area contributed by atoms with E-state index in [0.717, 1.165) is 48.9 Å². The van der Waals surface area contributed by atoms with Crippen LogP contribution in [0.1, 0.15) is 28.3 Å². The SMILES string of the molecule is BC1(B)Oc2cc3c(cc2O1)C1Cc2ccc(OC)c(OC)c2CN1CC3. The van der Waals surface area contributed by atoms with E-state index in [-0.39, 0.29) is 0 Å². The van der Waals surface area contributed by atoms with E-state index in [4.69, 9.17) is 18.9 Å². The van der Waals surface area contributed by atoms with Gasteiger partial charge in [0.2, 0.25) is 0 Å². The minimum atomic E-state index is -0.588. The molecule has 3 aliphatic heterocycles. The van der Waals surface area contributed by atoms with Gasteiger partial charge in [-0.3, -0.25) is 4.90 Å². The van der Waals surface area contributed by atoms with Gasteiger partial charge in [-0.25, -0.2) is 0 Å². The standard InChI is InChI=1S/C20H23B2NO4/c1-24-16-4-3-11-7-15-13-9-18-17(26-20(21,22)27-18)8-12(13)5-6-23(15)10-14(11)19(16)25-2/h3-4,8-9,15H,5-7,10,21-22H2,1-2H3. The number of nitrogens with zero attached hydrogens (tertiary/aromatic N) is 1. The van der Waals surface area contributed by atoms with Crippen LogP contribution < -0.4 is 18.9 Å². The van der Waals surface area contributed by atoms with Crippen LogP contribution >= 0.6 is 0 Å². The third-order valence-electron chi connectivity index (χ3n) is 5.91. The number of hydrogen-bond donors (Lipinski definition) is 0. The van der Waals surface area contributed by atoms with Crippen LogP contribution in [0.25, 0.3) is 0 Å². The fraction of sp³-hybridized carbons (Fsp3) is 0.400. The molecule has 27 heavy (non-hydrogen) atoms. The maximum absolute atomic E-state index is 6.00. The summed E-state index contributed by atoms with van der Waals surface area (Å²) in [6, 6.07) is 8.93. The van der Waals surface area contributed by atoms with E-state index in [1.165, 1.54) is 22.3 Å². The lowest BCUT2D eigenvalue weighted by molar-refractivity contribution is 0.0833. The van der Waals surface area contributed by atoms with E-state index in [2.05, 4.69) is 23.1 Å². The van der Waals surface area contributed by atoms with Gasteiger partial charge in [-0.15, -0.1) is 0 Å². The first-order chi connectivity index (χ1) is 13.0. The molecule has 0 fully saturated rings. The van der Waals surface area contributed by atoms with E-state index >= 15 is 0 Å². The minimum Gasteiger partial charge on any atom is -0.493 e. The average molecular weight is 363 g/mol. The Morgan fingerprint density at radius 3 is 2.59 bits per heavy atom. The number of rotatable bonds is 2. The van der Waals surface area contributed by atoms with Crippen molar-refractivity contribution in [2.24, 2.45) is 0 Å². The zero-order valence-corrected chi connectivity index (χ0v) is 16.3. The molecule has 0 amide bonds. The lowest BCUT2D eigenvalue weighted by Crippen LogP contribution is -2.39. The van der Waals surface area contributed by atoms with Crippen molar-refractivity contribution in [3.8, 4) is 23.0 Å². The van der Waals surface area contributed by atoms with Crippen molar-refractivity contribution in [1.29, 1.82) is 0 Å². The van der Waals surface area contributed by atoms with Gasteiger partial charge >= 0.3 is 0 Å². The smallest absolute Gasteiger partial charge is 0.197 e. The van der Waals surface area contributed by atoms with Crippen LogP contribution in [0.4, 0.5) is 0 Å². The molecule has 5 rings (SSSR count). The monoisotopic (exact) mass is 363 g/mol. The van der Waals surface area contributed by atoms with Crippen molar-refractivity contribution < 1.29 is 18.9 Å². The van der Waals surface area contributed by atoms with Crippen LogP contribution in [0.3, 0.4) is 0 Å². The second-order valence-corrected chi connectivity index (χ2v) is 7.98. The average Bonchev–Trinajstić information content (AvgIpc) is 2.96. The van der Waals surface area contributed by atoms with Crippen molar-refractivity contribution in [3.63, 3.8) is 0 Å². The highest BCUT2D eigenvalue weighted by Gasteiger charge is 2.38. The Labute approximate surface area is 161 Å². The molecule has 0 N–H and O–H groups in total. The Morgan fingerprint density at radius 1 is 1.07 bits per heavy atom. The Balaban J connectivity index is 1.55. The molecule has 0 aliphatic carbocycles. The van der Waals surface area contributed by atoms with Crippen molar-refractivity contribution in [1.82, 2.24) is 4.90 Å². The number of methoxy groups -OCH3 is 2. The molecule has 138 valence electrons. The van der Waals surface area contributed by atoms with Gasteiger partial charge in [0.1, 0.15) is 0 Å². The fourth-order valence-electron chi connectivity index (χ4n) is 4.71. The summed E-state index contributed by atoms with van der Waals surface area (Å²) in [5.41, 5.74) is 4.73. The summed E-state index contributed by atoms with van der Waals surface area (Å²) in [5.74, 6) is 3.40. The van der Waals surface area contributed by atoms with Gasteiger partial charge in [-0.05, 0) is 47.7 Å². The summed E-state index contributed by atoms with van der Waals surface area (Å²) < 4.78 is 23.1. The predicted molar refractivity (Wildman–Crippen MR) is 108 cm³/mol. The number of hydrogen-bond acceptors (Lipinski definition) is 5. The molecule has 3 heterocycles. The van der Waals surface area contributed by atoms with Crippen molar-refractivity contribution in [3.05, 3.63) is 46.5 Å². The first-order valence-corrected chi connectivity index (χ1v) is 9.50. The quantitative estimate of drug-likeness (QED) is 0.745. The van der Waals surface area contributed by atoms with E-state index in [9.17, 15) is 0 Å². The molecule has 0 aromatic heterocycles. The number of benzene rings is 2. The Bertz CT molecular complexity index is 931. The van der Waals surface area contributed by atoms with Crippen molar-refractivity contribution in [2.75, 3.05) is 20.8 Å². The molecule has 0 radical (unpaired) electrons. The van der Waals surface area contributed by atoms with Gasteiger partial charge in [0.25, 0.3) is 0 Å². The van der Waals surface area contributed by atoms with Crippen LogP contribution in [-0.2, 0) is 19.4 Å². The molecule has 0 spiro atoms. The van der Waals surface area contributed by atoms with Gasteiger partial charge in [0.05, 0.1) is 14.2 Å². The van der Waals surface area contributed by atoms with E-state index in [0.29, 0.717) is 6.04 Å². The third kappa shape index (κ3) is 2.59. The van der Waals surface area contributed by atoms with E-state index in [1.54, 1.807) is 14.2 Å². The lowest BCUT2D eigenvalue weighted by atomic mass is 9.76. The lowest BCUT2D eigenvalue weighted by Gasteiger charge is -2.42. The fourth-order valence-corrected chi connectivity index (χ4v) is 4.71. The molecule has 1 atom stereocenters. The summed E-state index contributed by atoms with van der Waals surface area (Å²) in [7, 11) is 7.32. The highest BCUT2D eigenvalue weighted by atomic mass is 16.7. The molecule has 3 aliphatic rings. The predicted octanol–water partition coefficient (Wildman–Crippen LogP) is 1.01. The number of ether oxygens (including phenoxy) is 4. The minimum absolute atomic E-state index is 0.358. The number of fused-ring (bicyclic) bond motifs is 5. The second-order valence-electron chi connectivity index (χ2n) is 7.98. The zero-order valence-electron chi connectivity index (χ0n) is 16.3. The normalized spacial score (nSPS) is 21.8. The van der Waals surface area contributed by atoms with Gasteiger partial charge in [0.15, 0.2) is 44.3 Å². The molecule has 2 aromatic carbocycles. The molecule has 0 saturated carbocycles. The molecule has 2 aromatic rings. The van der Waals surface area contributed by atoms with Gasteiger partial charge in [-0.2, -0.15) is 0 Å². The summed E-state index contributed by atoms with van der Waals surface area (Å²) >= 11 is 0. The third-order valence-corrected chi connectivity index (χ3v) is 5.91. The summed E-state index contributed by atoms with van der Waals surface area (Å²) in [6.07, 6.45) is 1.98. The summed E-state index contributed by atoms with van der Waals surface area (Å²) in [6.45, 7) is 1.90. The van der Waals surface area contributed by atoms with Crippen molar-refractivity contribution >= 4 is 15.7 Å². The topological polar surface area (TPSA) is 40.2 Å². The first kappa shape index (κ1) is 16.9. The molecule has 0 saturated heterocycles. The Kier molecular flexibility index (Phi) is 3.66. The van der Waals surface area contributed by atoms with Gasteiger partial charge in [-0.1, -0.05) is 6.07 Å². The molecule has 0 bridgehead atoms. The highest BCUT2D eigenvalue weighted by molar-refractivity contribution is 6.38. The van der Waals surface area contributed by atoms with Gasteiger partial charge < -0.3 is 18.9 Å². The van der Waals surface area contributed by atoms with Crippen LogP contribution in [-0.4, -0.2) is 46.9 Å². The van der Waals surface area contributed by atoms with Crippen molar-refractivity contribution in [2.45, 2.75) is 31.0 Å². The molecule has 5 nitrogen and oxygen atoms in total. The summed E-state index contributed by atoms with van der Waals surface area (Å²) in [5, 5.41) is 0. The zero-order chi connectivity index (χ0) is 18.8. The van der Waals surface area contributed by atoms with Crippen LogP contribution in [0, 0.1) is 0 Å². The maximum Gasteiger partial charge on any atom is 0.197 e. The summed E-state index contributed by atoms with van der Waals surface area (Å²) in [4.78, 5) is 2.54. The molecular formula is C20H23B2NO4. The van der Waals surface area contributed by atoms with Crippen LogP contribution in [0.15, 0.2) is 24.3 Å². The molecular weight excluding hydrogens is 340 g/mol.